The lowest BCUT2D eigenvalue weighted by atomic mass is 9.84. The van der Waals surface area contributed by atoms with E-state index in [0.29, 0.717) is 18.0 Å². The smallest absolute Gasteiger partial charge is 0.336 e. The van der Waals surface area contributed by atoms with E-state index < -0.39 is 29.6 Å². The van der Waals surface area contributed by atoms with Crippen LogP contribution in [0.2, 0.25) is 0 Å². The fourth-order valence-electron chi connectivity index (χ4n) is 5.23. The number of halogens is 2. The molecule has 6 nitrogen and oxygen atoms in total. The topological polar surface area (TPSA) is 53.1 Å². The second kappa shape index (κ2) is 9.94. The number of ether oxygens (including phenoxy) is 1. The van der Waals surface area contributed by atoms with Gasteiger partial charge in [-0.15, -0.1) is 0 Å². The predicted octanol–water partition coefficient (Wildman–Crippen LogP) is 5.92. The molecule has 3 aromatic rings. The molecule has 192 valence electrons. The molecule has 2 aliphatic heterocycles. The van der Waals surface area contributed by atoms with Gasteiger partial charge in [-0.25, -0.2) is 18.5 Å². The van der Waals surface area contributed by atoms with E-state index in [9.17, 15) is 14.0 Å². The molecular formula is C29H29F2N3O3. The number of hydrogen-bond donors (Lipinski definition) is 0. The van der Waals surface area contributed by atoms with Crippen molar-refractivity contribution in [2.45, 2.75) is 51.2 Å². The predicted molar refractivity (Wildman–Crippen MR) is 138 cm³/mol. The van der Waals surface area contributed by atoms with E-state index in [2.05, 4.69) is 0 Å². The van der Waals surface area contributed by atoms with Crippen LogP contribution in [0.25, 0.3) is 0 Å². The van der Waals surface area contributed by atoms with Crippen LogP contribution in [0, 0.1) is 5.82 Å². The Bertz CT molecular complexity index is 1300. The highest BCUT2D eigenvalue weighted by Gasteiger charge is 2.61. The Kier molecular flexibility index (Phi) is 6.69. The summed E-state index contributed by atoms with van der Waals surface area (Å²) in [6.45, 7) is 4.45. The molecule has 0 bridgehead atoms. The number of benzene rings is 3. The lowest BCUT2D eigenvalue weighted by molar-refractivity contribution is -0.125. The highest BCUT2D eigenvalue weighted by Crippen LogP contribution is 2.44. The van der Waals surface area contributed by atoms with Crippen LogP contribution in [0.4, 0.5) is 25.0 Å². The molecule has 2 saturated heterocycles. The van der Waals surface area contributed by atoms with E-state index in [4.69, 9.17) is 4.74 Å². The van der Waals surface area contributed by atoms with Gasteiger partial charge in [0.25, 0.3) is 5.91 Å². The summed E-state index contributed by atoms with van der Waals surface area (Å²) in [5.41, 5.74) is 0.0594. The van der Waals surface area contributed by atoms with E-state index in [1.54, 1.807) is 41.3 Å². The van der Waals surface area contributed by atoms with Gasteiger partial charge < -0.3 is 4.74 Å². The second-order valence-corrected chi connectivity index (χ2v) is 9.78. The van der Waals surface area contributed by atoms with Crippen LogP contribution >= 0.6 is 0 Å². The number of hydrogen-bond acceptors (Lipinski definition) is 4. The van der Waals surface area contributed by atoms with Gasteiger partial charge in [0, 0.05) is 25.2 Å². The molecule has 2 aliphatic rings. The fraction of sp³-hybridized carbons (Fsp3) is 0.310. The maximum absolute atomic E-state index is 15.9. The van der Waals surface area contributed by atoms with Crippen molar-refractivity contribution in [3.63, 3.8) is 0 Å². The third kappa shape index (κ3) is 4.69. The third-order valence-corrected chi connectivity index (χ3v) is 6.86. The van der Waals surface area contributed by atoms with E-state index in [-0.39, 0.29) is 31.2 Å². The van der Waals surface area contributed by atoms with Crippen molar-refractivity contribution in [3.8, 4) is 5.75 Å². The van der Waals surface area contributed by atoms with Gasteiger partial charge in [0.15, 0.2) is 6.30 Å². The number of nitrogens with zero attached hydrogens (tertiary/aromatic N) is 3. The van der Waals surface area contributed by atoms with Gasteiger partial charge in [0.2, 0.25) is 0 Å². The molecular weight excluding hydrogens is 476 g/mol. The number of para-hydroxylation sites is 1. The zero-order valence-corrected chi connectivity index (χ0v) is 20.8. The quantitative estimate of drug-likeness (QED) is 0.308. The Hall–Kier alpha value is -3.78. The van der Waals surface area contributed by atoms with E-state index in [0.717, 1.165) is 10.5 Å². The van der Waals surface area contributed by atoms with Crippen LogP contribution in [0.15, 0.2) is 78.9 Å². The fourth-order valence-corrected chi connectivity index (χ4v) is 5.23. The first-order chi connectivity index (χ1) is 17.8. The number of rotatable bonds is 6. The number of urea groups is 1. The molecule has 0 aliphatic carbocycles. The van der Waals surface area contributed by atoms with E-state index in [1.807, 2.05) is 38.1 Å². The lowest BCUT2D eigenvalue weighted by Gasteiger charge is -2.43. The van der Waals surface area contributed by atoms with E-state index >= 15 is 4.39 Å². The number of anilines is 2. The summed E-state index contributed by atoms with van der Waals surface area (Å²) >= 11 is 0. The maximum atomic E-state index is 15.9. The molecule has 0 aromatic heterocycles. The van der Waals surface area contributed by atoms with Crippen molar-refractivity contribution in [3.05, 3.63) is 90.2 Å². The van der Waals surface area contributed by atoms with Gasteiger partial charge in [0.1, 0.15) is 17.1 Å². The van der Waals surface area contributed by atoms with Crippen molar-refractivity contribution < 1.29 is 23.1 Å². The normalized spacial score (nSPS) is 22.4. The summed E-state index contributed by atoms with van der Waals surface area (Å²) in [6.07, 6.45) is -1.49. The molecule has 8 heteroatoms. The number of piperidine rings is 1. The number of imide groups is 1. The lowest BCUT2D eigenvalue weighted by Crippen LogP contribution is -2.59. The van der Waals surface area contributed by atoms with Crippen molar-refractivity contribution in [1.82, 2.24) is 4.90 Å². The summed E-state index contributed by atoms with van der Waals surface area (Å²) in [6, 6.07) is 21.0. The molecule has 2 heterocycles. The van der Waals surface area contributed by atoms with E-state index in [1.165, 1.54) is 23.1 Å². The Balaban J connectivity index is 1.45. The van der Waals surface area contributed by atoms with Crippen LogP contribution < -0.4 is 14.5 Å². The molecule has 1 spiro atoms. The summed E-state index contributed by atoms with van der Waals surface area (Å²) in [7, 11) is 0. The zero-order chi connectivity index (χ0) is 26.2. The Morgan fingerprint density at radius 1 is 0.973 bits per heavy atom. The molecule has 0 unspecified atom stereocenters. The summed E-state index contributed by atoms with van der Waals surface area (Å²) in [5.74, 6) is -0.324. The van der Waals surface area contributed by atoms with Crippen LogP contribution in [0.5, 0.6) is 5.75 Å². The summed E-state index contributed by atoms with van der Waals surface area (Å²) < 4.78 is 35.8. The molecule has 0 radical (unpaired) electrons. The molecule has 0 saturated carbocycles. The van der Waals surface area contributed by atoms with Crippen LogP contribution in [0.1, 0.15) is 32.3 Å². The van der Waals surface area contributed by atoms with Gasteiger partial charge in [-0.3, -0.25) is 14.6 Å². The first-order valence-corrected chi connectivity index (χ1v) is 12.4. The van der Waals surface area contributed by atoms with Gasteiger partial charge in [-0.2, -0.15) is 0 Å². The van der Waals surface area contributed by atoms with Gasteiger partial charge in [-0.05, 0) is 68.3 Å². The third-order valence-electron chi connectivity index (χ3n) is 6.86. The summed E-state index contributed by atoms with van der Waals surface area (Å²) in [5, 5.41) is 0. The number of carbonyl (C=O) groups is 2. The van der Waals surface area contributed by atoms with Crippen LogP contribution in [-0.2, 0) is 11.3 Å². The molecule has 37 heavy (non-hydrogen) atoms. The Morgan fingerprint density at radius 2 is 1.70 bits per heavy atom. The zero-order valence-electron chi connectivity index (χ0n) is 20.8. The Labute approximate surface area is 215 Å². The summed E-state index contributed by atoms with van der Waals surface area (Å²) in [4.78, 5) is 31.6. The van der Waals surface area contributed by atoms with Crippen LogP contribution in [0.3, 0.4) is 0 Å². The average Bonchev–Trinajstić information content (AvgIpc) is 3.07. The minimum absolute atomic E-state index is 0.0197. The first kappa shape index (κ1) is 24.9. The van der Waals surface area contributed by atoms with Gasteiger partial charge in [0.05, 0.1) is 11.8 Å². The first-order valence-electron chi connectivity index (χ1n) is 12.4. The van der Waals surface area contributed by atoms with Crippen molar-refractivity contribution >= 4 is 23.3 Å². The minimum atomic E-state index is -1.49. The highest BCUT2D eigenvalue weighted by molar-refractivity contribution is 6.30. The monoisotopic (exact) mass is 505 g/mol. The van der Waals surface area contributed by atoms with Gasteiger partial charge in [-0.1, -0.05) is 36.4 Å². The average molecular weight is 506 g/mol. The molecule has 3 amide bonds. The molecule has 5 rings (SSSR count). The number of alkyl halides is 1. The second-order valence-electron chi connectivity index (χ2n) is 9.78. The molecule has 2 atom stereocenters. The number of likely N-dealkylation sites (tertiary alicyclic amines) is 1. The number of carbonyl (C=O) groups excluding carboxylic acids is 2. The largest absolute Gasteiger partial charge is 0.491 e. The van der Waals surface area contributed by atoms with Crippen molar-refractivity contribution in [2.75, 3.05) is 16.3 Å². The number of amides is 3. The molecule has 2 fully saturated rings. The SMILES string of the molecule is CC(C)Oc1cccc(CN2CC[C@@]3(C[C@@H]2F)C(=O)N(c2ccccc2)C(=O)N3c2cccc(F)c2)c1. The minimum Gasteiger partial charge on any atom is -0.491 e. The maximum Gasteiger partial charge on any atom is 0.336 e. The van der Waals surface area contributed by atoms with Crippen molar-refractivity contribution in [1.29, 1.82) is 0 Å². The molecule has 3 aromatic carbocycles. The Morgan fingerprint density at radius 3 is 2.41 bits per heavy atom. The highest BCUT2D eigenvalue weighted by atomic mass is 19.1. The van der Waals surface area contributed by atoms with Crippen molar-refractivity contribution in [2.24, 2.45) is 0 Å². The molecule has 0 N–H and O–H groups in total. The van der Waals surface area contributed by atoms with Crippen LogP contribution in [-0.4, -0.2) is 41.3 Å². The standard InChI is InChI=1S/C29H29F2N3O3/c1-20(2)37-25-13-6-8-21(16-25)19-32-15-14-29(18-26(32)31)27(35)33(23-10-4-3-5-11-23)28(36)34(29)24-12-7-9-22(30)17-24/h3-13,16-17,20,26H,14-15,18-19H2,1-2H3/t26-,29-/m1/s1. The van der Waals surface area contributed by atoms with Gasteiger partial charge >= 0.3 is 6.03 Å².